The summed E-state index contributed by atoms with van der Waals surface area (Å²) in [6, 6.07) is 13.7. The lowest BCUT2D eigenvalue weighted by molar-refractivity contribution is -0.120. The van der Waals surface area contributed by atoms with Gasteiger partial charge in [0.1, 0.15) is 0 Å². The highest BCUT2D eigenvalue weighted by atomic mass is 35.5. The zero-order valence-corrected chi connectivity index (χ0v) is 18.8. The van der Waals surface area contributed by atoms with Crippen molar-refractivity contribution in [3.63, 3.8) is 0 Å². The van der Waals surface area contributed by atoms with Crippen LogP contribution in [-0.4, -0.2) is 44.3 Å². The maximum Gasteiger partial charge on any atom is 0.339 e. The maximum atomic E-state index is 12.7. The molecule has 1 N–H and O–H groups in total. The van der Waals surface area contributed by atoms with Crippen LogP contribution < -0.4 is 5.32 Å². The molecule has 31 heavy (non-hydrogen) atoms. The number of benzene rings is 2. The number of halogens is 1. The number of hydrogen-bond donors (Lipinski definition) is 1. The van der Waals surface area contributed by atoms with Crippen molar-refractivity contribution in [2.45, 2.75) is 25.5 Å². The first-order chi connectivity index (χ1) is 14.8. The Morgan fingerprint density at radius 2 is 1.81 bits per heavy atom. The Bertz CT molecular complexity index is 1040. The quantitative estimate of drug-likeness (QED) is 0.631. The third-order valence-electron chi connectivity index (χ3n) is 5.14. The van der Waals surface area contributed by atoms with E-state index in [4.69, 9.17) is 16.3 Å². The first kappa shape index (κ1) is 23.2. The van der Waals surface area contributed by atoms with Gasteiger partial charge in [-0.1, -0.05) is 41.9 Å². The van der Waals surface area contributed by atoms with Gasteiger partial charge >= 0.3 is 5.97 Å². The Labute approximate surface area is 187 Å². The molecule has 1 aliphatic rings. The van der Waals surface area contributed by atoms with Crippen LogP contribution in [0.3, 0.4) is 0 Å². The summed E-state index contributed by atoms with van der Waals surface area (Å²) in [5.74, 6) is -1.13. The van der Waals surface area contributed by atoms with Crippen molar-refractivity contribution in [1.82, 2.24) is 4.31 Å². The SMILES string of the molecule is CCOC(=O)c1cc(NC(=O)C2CCN(S(=O)(=O)Cc3ccccc3)CC2)ccc1Cl. The van der Waals surface area contributed by atoms with Crippen molar-refractivity contribution in [3.05, 3.63) is 64.7 Å². The molecule has 2 aromatic rings. The van der Waals surface area contributed by atoms with E-state index in [1.54, 1.807) is 25.1 Å². The second-order valence-corrected chi connectivity index (χ2v) is 9.70. The summed E-state index contributed by atoms with van der Waals surface area (Å²) in [6.45, 7) is 2.51. The zero-order valence-electron chi connectivity index (χ0n) is 17.2. The molecule has 0 radical (unpaired) electrons. The number of nitrogens with zero attached hydrogens (tertiary/aromatic N) is 1. The molecule has 0 atom stereocenters. The molecule has 1 saturated heterocycles. The predicted molar refractivity (Wildman–Crippen MR) is 119 cm³/mol. The molecule has 0 unspecified atom stereocenters. The van der Waals surface area contributed by atoms with E-state index in [-0.39, 0.29) is 34.8 Å². The number of carbonyl (C=O) groups is 2. The van der Waals surface area contributed by atoms with Gasteiger partial charge < -0.3 is 10.1 Å². The molecule has 3 rings (SSSR count). The average molecular weight is 465 g/mol. The van der Waals surface area contributed by atoms with Crippen LogP contribution >= 0.6 is 11.6 Å². The van der Waals surface area contributed by atoms with Gasteiger partial charge in [-0.15, -0.1) is 0 Å². The van der Waals surface area contributed by atoms with Crippen molar-refractivity contribution >= 4 is 39.2 Å². The van der Waals surface area contributed by atoms with Crippen LogP contribution in [0.2, 0.25) is 5.02 Å². The molecule has 1 aliphatic heterocycles. The van der Waals surface area contributed by atoms with E-state index in [9.17, 15) is 18.0 Å². The van der Waals surface area contributed by atoms with Gasteiger partial charge in [0.25, 0.3) is 0 Å². The van der Waals surface area contributed by atoms with Gasteiger partial charge in [0.2, 0.25) is 15.9 Å². The van der Waals surface area contributed by atoms with Crippen LogP contribution in [0, 0.1) is 5.92 Å². The van der Waals surface area contributed by atoms with Crippen LogP contribution in [0.5, 0.6) is 0 Å². The predicted octanol–water partition coefficient (Wildman–Crippen LogP) is 3.70. The number of esters is 1. The number of carbonyl (C=O) groups excluding carboxylic acids is 2. The highest BCUT2D eigenvalue weighted by Gasteiger charge is 2.31. The highest BCUT2D eigenvalue weighted by molar-refractivity contribution is 7.88. The fourth-order valence-electron chi connectivity index (χ4n) is 3.48. The number of sulfonamides is 1. The van der Waals surface area contributed by atoms with Gasteiger partial charge in [0, 0.05) is 24.7 Å². The van der Waals surface area contributed by atoms with Gasteiger partial charge in [-0.2, -0.15) is 0 Å². The molecule has 1 fully saturated rings. The molecule has 2 aromatic carbocycles. The molecular formula is C22H25ClN2O5S. The summed E-state index contributed by atoms with van der Waals surface area (Å²) < 4.78 is 31.8. The summed E-state index contributed by atoms with van der Waals surface area (Å²) in [7, 11) is -3.43. The van der Waals surface area contributed by atoms with Crippen molar-refractivity contribution in [1.29, 1.82) is 0 Å². The van der Waals surface area contributed by atoms with E-state index in [2.05, 4.69) is 5.32 Å². The Balaban J connectivity index is 1.58. The Hall–Kier alpha value is -2.42. The van der Waals surface area contributed by atoms with Crippen molar-refractivity contribution < 1.29 is 22.7 Å². The third kappa shape index (κ3) is 6.06. The van der Waals surface area contributed by atoms with Crippen LogP contribution in [0.25, 0.3) is 0 Å². The van der Waals surface area contributed by atoms with Crippen molar-refractivity contribution in [3.8, 4) is 0 Å². The van der Waals surface area contributed by atoms with Crippen LogP contribution in [-0.2, 0) is 25.3 Å². The van der Waals surface area contributed by atoms with E-state index in [1.807, 2.05) is 18.2 Å². The molecule has 1 amide bonds. The molecule has 0 saturated carbocycles. The standard InChI is InChI=1S/C22H25ClN2O5S/c1-2-30-22(27)19-14-18(8-9-20(19)23)24-21(26)17-10-12-25(13-11-17)31(28,29)15-16-6-4-3-5-7-16/h3-9,14,17H,2,10-13,15H2,1H3,(H,24,26). The topological polar surface area (TPSA) is 92.8 Å². The summed E-state index contributed by atoms with van der Waals surface area (Å²) in [5, 5.41) is 3.04. The normalized spacial score (nSPS) is 15.4. The number of anilines is 1. The number of hydrogen-bond acceptors (Lipinski definition) is 5. The summed E-state index contributed by atoms with van der Waals surface area (Å²) in [6.07, 6.45) is 0.857. The number of rotatable bonds is 7. The molecule has 1 heterocycles. The van der Waals surface area contributed by atoms with E-state index < -0.39 is 16.0 Å². The molecule has 166 valence electrons. The molecule has 7 nitrogen and oxygen atoms in total. The van der Waals surface area contributed by atoms with E-state index >= 15 is 0 Å². The minimum atomic E-state index is -3.43. The average Bonchev–Trinajstić information content (AvgIpc) is 2.75. The molecule has 9 heteroatoms. The summed E-state index contributed by atoms with van der Waals surface area (Å²) in [4.78, 5) is 24.7. The van der Waals surface area contributed by atoms with E-state index in [0.29, 0.717) is 31.6 Å². The van der Waals surface area contributed by atoms with Crippen LogP contribution in [0.1, 0.15) is 35.7 Å². The lowest BCUT2D eigenvalue weighted by Gasteiger charge is -2.30. The van der Waals surface area contributed by atoms with Crippen molar-refractivity contribution in [2.24, 2.45) is 5.92 Å². The molecule has 0 aromatic heterocycles. The first-order valence-corrected chi connectivity index (χ1v) is 12.1. The van der Waals surface area contributed by atoms with Crippen LogP contribution in [0.15, 0.2) is 48.5 Å². The van der Waals surface area contributed by atoms with Crippen LogP contribution in [0.4, 0.5) is 5.69 Å². The fraction of sp³-hybridized carbons (Fsp3) is 0.364. The Morgan fingerprint density at radius 3 is 2.45 bits per heavy atom. The monoisotopic (exact) mass is 464 g/mol. The summed E-state index contributed by atoms with van der Waals surface area (Å²) >= 11 is 6.05. The summed E-state index contributed by atoms with van der Waals surface area (Å²) in [5.41, 5.74) is 1.36. The van der Waals surface area contributed by atoms with E-state index in [1.165, 1.54) is 16.4 Å². The molecule has 0 bridgehead atoms. The maximum absolute atomic E-state index is 12.7. The fourth-order valence-corrected chi connectivity index (χ4v) is 5.24. The smallest absolute Gasteiger partial charge is 0.339 e. The van der Waals surface area contributed by atoms with Gasteiger partial charge in [-0.3, -0.25) is 4.79 Å². The number of piperidine rings is 1. The minimum Gasteiger partial charge on any atom is -0.462 e. The minimum absolute atomic E-state index is 0.0495. The van der Waals surface area contributed by atoms with Gasteiger partial charge in [-0.05, 0) is 43.5 Å². The second kappa shape index (κ2) is 10.3. The molecule has 0 aliphatic carbocycles. The molecule has 0 spiro atoms. The van der Waals surface area contributed by atoms with Gasteiger partial charge in [0.15, 0.2) is 0 Å². The Morgan fingerprint density at radius 1 is 1.13 bits per heavy atom. The first-order valence-electron chi connectivity index (χ1n) is 10.1. The van der Waals surface area contributed by atoms with Gasteiger partial charge in [0.05, 0.1) is 22.9 Å². The number of ether oxygens (including phenoxy) is 1. The zero-order chi connectivity index (χ0) is 22.4. The second-order valence-electron chi connectivity index (χ2n) is 7.32. The van der Waals surface area contributed by atoms with Gasteiger partial charge in [-0.25, -0.2) is 17.5 Å². The third-order valence-corrected chi connectivity index (χ3v) is 7.32. The lowest BCUT2D eigenvalue weighted by Crippen LogP contribution is -2.41. The lowest BCUT2D eigenvalue weighted by atomic mass is 9.97. The number of amides is 1. The molecular weight excluding hydrogens is 440 g/mol. The van der Waals surface area contributed by atoms with E-state index in [0.717, 1.165) is 5.56 Å². The van der Waals surface area contributed by atoms with Crippen molar-refractivity contribution in [2.75, 3.05) is 25.0 Å². The Kier molecular flexibility index (Phi) is 7.69. The largest absolute Gasteiger partial charge is 0.462 e. The highest BCUT2D eigenvalue weighted by Crippen LogP contribution is 2.25. The number of nitrogens with one attached hydrogen (secondary N) is 1.